The Morgan fingerprint density at radius 2 is 1.07 bits per heavy atom. The van der Waals surface area contributed by atoms with Crippen LogP contribution >= 0.6 is 0 Å². The van der Waals surface area contributed by atoms with Gasteiger partial charge in [0.2, 0.25) is 5.91 Å². The van der Waals surface area contributed by atoms with Crippen molar-refractivity contribution < 1.29 is 20.1 Å². The van der Waals surface area contributed by atoms with E-state index in [2.05, 4.69) is 6.92 Å². The first-order chi connectivity index (χ1) is 13.7. The van der Waals surface area contributed by atoms with Crippen molar-refractivity contribution in [1.29, 1.82) is 0 Å². The van der Waals surface area contributed by atoms with E-state index in [0.29, 0.717) is 6.42 Å². The molecule has 1 atom stereocenters. The summed E-state index contributed by atoms with van der Waals surface area (Å²) in [7, 11) is 0. The largest absolute Gasteiger partial charge is 0.396 e. The van der Waals surface area contributed by atoms with E-state index < -0.39 is 5.92 Å². The molecule has 0 fully saturated rings. The summed E-state index contributed by atoms with van der Waals surface area (Å²) in [6.07, 6.45) is 18.9. The number of hydrogen-bond acceptors (Lipinski definition) is 4. The Morgan fingerprint density at radius 3 is 1.43 bits per heavy atom. The van der Waals surface area contributed by atoms with Crippen LogP contribution in [0, 0.1) is 5.92 Å². The summed E-state index contributed by atoms with van der Waals surface area (Å²) in [6.45, 7) is 2.29. The summed E-state index contributed by atoms with van der Waals surface area (Å²) in [5.74, 6) is -0.560. The lowest BCUT2D eigenvalue weighted by Gasteiger charge is -2.25. The summed E-state index contributed by atoms with van der Waals surface area (Å²) >= 11 is 0. The quantitative estimate of drug-likeness (QED) is 0.251. The van der Waals surface area contributed by atoms with Gasteiger partial charge in [-0.1, -0.05) is 96.8 Å². The van der Waals surface area contributed by atoms with Crippen LogP contribution in [0.15, 0.2) is 0 Å². The highest BCUT2D eigenvalue weighted by Gasteiger charge is 2.22. The Labute approximate surface area is 173 Å². The Bertz CT molecular complexity index is 333. The first kappa shape index (κ1) is 27.4. The highest BCUT2D eigenvalue weighted by atomic mass is 16.3. The number of carbonyl (C=O) groups excluding carboxylic acids is 1. The van der Waals surface area contributed by atoms with Gasteiger partial charge in [0, 0.05) is 13.1 Å². The Balaban J connectivity index is 3.60. The van der Waals surface area contributed by atoms with E-state index in [-0.39, 0.29) is 38.8 Å². The molecule has 168 valence electrons. The number of unbranched alkanes of at least 4 members (excludes halogenated alkanes) is 13. The van der Waals surface area contributed by atoms with Crippen molar-refractivity contribution >= 4 is 5.91 Å². The molecule has 0 aliphatic heterocycles. The van der Waals surface area contributed by atoms with Gasteiger partial charge in [0.1, 0.15) is 0 Å². The Hall–Kier alpha value is -0.650. The van der Waals surface area contributed by atoms with Crippen molar-refractivity contribution in [3.63, 3.8) is 0 Å². The van der Waals surface area contributed by atoms with Crippen LogP contribution in [-0.4, -0.2) is 59.0 Å². The fourth-order valence-electron chi connectivity index (χ4n) is 3.71. The zero-order valence-electron chi connectivity index (χ0n) is 18.4. The minimum Gasteiger partial charge on any atom is -0.396 e. The van der Waals surface area contributed by atoms with E-state index in [9.17, 15) is 9.90 Å². The zero-order chi connectivity index (χ0) is 20.9. The molecule has 1 amide bonds. The smallest absolute Gasteiger partial charge is 0.228 e. The molecule has 0 bridgehead atoms. The summed E-state index contributed by atoms with van der Waals surface area (Å²) in [4.78, 5) is 13.8. The molecule has 1 unspecified atom stereocenters. The van der Waals surface area contributed by atoms with Gasteiger partial charge >= 0.3 is 0 Å². The maximum atomic E-state index is 12.4. The van der Waals surface area contributed by atoms with Crippen LogP contribution in [0.3, 0.4) is 0 Å². The molecule has 0 saturated carbocycles. The monoisotopic (exact) mass is 401 g/mol. The molecule has 3 N–H and O–H groups in total. The Morgan fingerprint density at radius 1 is 0.679 bits per heavy atom. The number of hydrogen-bond donors (Lipinski definition) is 3. The standard InChI is InChI=1S/C23H47NO4/c1-2-3-4-5-6-7-8-9-10-11-12-13-14-15-16-22(21-27)23(28)24(17-19-25)18-20-26/h22,25-27H,2-21H2,1H3. The van der Waals surface area contributed by atoms with E-state index in [1.54, 1.807) is 0 Å². The molecule has 0 heterocycles. The third kappa shape index (κ3) is 15.3. The molecule has 0 aliphatic rings. The molecule has 0 rings (SSSR count). The maximum Gasteiger partial charge on any atom is 0.228 e. The van der Waals surface area contributed by atoms with Crippen LogP contribution in [0.25, 0.3) is 0 Å². The molecule has 0 aromatic carbocycles. The lowest BCUT2D eigenvalue weighted by molar-refractivity contribution is -0.138. The van der Waals surface area contributed by atoms with Crippen LogP contribution in [0.5, 0.6) is 0 Å². The molecule has 0 aromatic heterocycles. The van der Waals surface area contributed by atoms with E-state index in [0.717, 1.165) is 12.8 Å². The van der Waals surface area contributed by atoms with E-state index in [4.69, 9.17) is 10.2 Å². The molecular weight excluding hydrogens is 354 g/mol. The van der Waals surface area contributed by atoms with Gasteiger partial charge in [-0.25, -0.2) is 0 Å². The predicted octanol–water partition coefficient (Wildman–Crippen LogP) is 4.28. The maximum absolute atomic E-state index is 12.4. The normalized spacial score (nSPS) is 12.3. The van der Waals surface area contributed by atoms with Crippen LogP contribution < -0.4 is 0 Å². The first-order valence-electron chi connectivity index (χ1n) is 11.8. The van der Waals surface area contributed by atoms with Gasteiger partial charge in [-0.2, -0.15) is 0 Å². The molecule has 0 spiro atoms. The van der Waals surface area contributed by atoms with Crippen molar-refractivity contribution in [2.75, 3.05) is 32.9 Å². The van der Waals surface area contributed by atoms with E-state index >= 15 is 0 Å². The first-order valence-corrected chi connectivity index (χ1v) is 11.8. The van der Waals surface area contributed by atoms with Gasteiger partial charge in [0.05, 0.1) is 25.7 Å². The van der Waals surface area contributed by atoms with Gasteiger partial charge in [-0.05, 0) is 6.42 Å². The van der Waals surface area contributed by atoms with Crippen molar-refractivity contribution in [3.8, 4) is 0 Å². The lowest BCUT2D eigenvalue weighted by atomic mass is 9.99. The third-order valence-corrected chi connectivity index (χ3v) is 5.53. The Kier molecular flexibility index (Phi) is 20.6. The minimum absolute atomic E-state index is 0.122. The second kappa shape index (κ2) is 21.1. The van der Waals surface area contributed by atoms with Crippen LogP contribution in [-0.2, 0) is 4.79 Å². The molecule has 28 heavy (non-hydrogen) atoms. The van der Waals surface area contributed by atoms with Gasteiger partial charge < -0.3 is 20.2 Å². The highest BCUT2D eigenvalue weighted by Crippen LogP contribution is 2.16. The average molecular weight is 402 g/mol. The highest BCUT2D eigenvalue weighted by molar-refractivity contribution is 5.79. The summed E-state index contributed by atoms with van der Waals surface area (Å²) < 4.78 is 0. The third-order valence-electron chi connectivity index (χ3n) is 5.53. The van der Waals surface area contributed by atoms with Gasteiger partial charge in [-0.3, -0.25) is 4.79 Å². The molecular formula is C23H47NO4. The van der Waals surface area contributed by atoms with Gasteiger partial charge in [0.15, 0.2) is 0 Å². The van der Waals surface area contributed by atoms with Crippen molar-refractivity contribution in [2.24, 2.45) is 5.92 Å². The minimum atomic E-state index is -0.407. The van der Waals surface area contributed by atoms with E-state index in [1.165, 1.54) is 81.9 Å². The topological polar surface area (TPSA) is 81.0 Å². The van der Waals surface area contributed by atoms with Crippen molar-refractivity contribution in [1.82, 2.24) is 4.90 Å². The lowest BCUT2D eigenvalue weighted by Crippen LogP contribution is -2.41. The number of carbonyl (C=O) groups is 1. The van der Waals surface area contributed by atoms with Gasteiger partial charge in [0.25, 0.3) is 0 Å². The van der Waals surface area contributed by atoms with Crippen molar-refractivity contribution in [3.05, 3.63) is 0 Å². The molecule has 0 aromatic rings. The zero-order valence-corrected chi connectivity index (χ0v) is 18.4. The number of rotatable bonds is 21. The molecule has 5 nitrogen and oxygen atoms in total. The molecule has 0 saturated heterocycles. The predicted molar refractivity (Wildman–Crippen MR) is 116 cm³/mol. The average Bonchev–Trinajstić information content (AvgIpc) is 2.70. The summed E-state index contributed by atoms with van der Waals surface area (Å²) in [6, 6.07) is 0. The SMILES string of the molecule is CCCCCCCCCCCCCCCCC(CO)C(=O)N(CCO)CCO. The number of aliphatic hydroxyl groups excluding tert-OH is 3. The molecule has 0 radical (unpaired) electrons. The number of nitrogens with zero attached hydrogens (tertiary/aromatic N) is 1. The molecule has 5 heteroatoms. The fraction of sp³-hybridized carbons (Fsp3) is 0.957. The fourth-order valence-corrected chi connectivity index (χ4v) is 3.71. The molecule has 0 aliphatic carbocycles. The van der Waals surface area contributed by atoms with Gasteiger partial charge in [-0.15, -0.1) is 0 Å². The second-order valence-electron chi connectivity index (χ2n) is 8.04. The number of amides is 1. The number of aliphatic hydroxyl groups is 3. The van der Waals surface area contributed by atoms with E-state index in [1.807, 2.05) is 0 Å². The van der Waals surface area contributed by atoms with Crippen LogP contribution in [0.1, 0.15) is 103 Å². The second-order valence-corrected chi connectivity index (χ2v) is 8.04. The van der Waals surface area contributed by atoms with Crippen LogP contribution in [0.2, 0.25) is 0 Å². The summed E-state index contributed by atoms with van der Waals surface area (Å²) in [5, 5.41) is 27.6. The van der Waals surface area contributed by atoms with Crippen molar-refractivity contribution in [2.45, 2.75) is 103 Å². The summed E-state index contributed by atoms with van der Waals surface area (Å²) in [5.41, 5.74) is 0. The van der Waals surface area contributed by atoms with Crippen LogP contribution in [0.4, 0.5) is 0 Å².